The average Bonchev–Trinajstić information content (AvgIpc) is 2.87. The van der Waals surface area contributed by atoms with Crippen molar-refractivity contribution in [2.75, 3.05) is 29.1 Å². The monoisotopic (exact) mass is 522 g/mol. The summed E-state index contributed by atoms with van der Waals surface area (Å²) in [7, 11) is 1.59. The molecule has 36 heavy (non-hydrogen) atoms. The van der Waals surface area contributed by atoms with Crippen molar-refractivity contribution in [3.8, 4) is 0 Å². The van der Waals surface area contributed by atoms with Crippen molar-refractivity contribution in [1.82, 2.24) is 15.3 Å². The van der Waals surface area contributed by atoms with E-state index in [0.29, 0.717) is 33.5 Å². The zero-order valence-electron chi connectivity index (χ0n) is 19.7. The summed E-state index contributed by atoms with van der Waals surface area (Å²) in [6.45, 7) is 2.05. The van der Waals surface area contributed by atoms with Crippen LogP contribution in [0.5, 0.6) is 0 Å². The molecule has 0 unspecified atom stereocenters. The normalized spacial score (nSPS) is 10.7. The van der Waals surface area contributed by atoms with Gasteiger partial charge in [-0.2, -0.15) is 0 Å². The molecule has 8 nitrogen and oxygen atoms in total. The molecule has 0 saturated heterocycles. The van der Waals surface area contributed by atoms with Gasteiger partial charge in [0.15, 0.2) is 0 Å². The van der Waals surface area contributed by atoms with Crippen LogP contribution in [-0.2, 0) is 11.3 Å². The molecule has 10 heteroatoms. The van der Waals surface area contributed by atoms with Crippen molar-refractivity contribution in [1.29, 1.82) is 0 Å². The number of hydrogen-bond donors (Lipinski definition) is 3. The van der Waals surface area contributed by atoms with Crippen LogP contribution in [0.25, 0.3) is 10.9 Å². The van der Waals surface area contributed by atoms with E-state index >= 15 is 0 Å². The number of carbonyl (C=O) groups is 2. The predicted octanol–water partition coefficient (Wildman–Crippen LogP) is 5.64. The predicted molar refractivity (Wildman–Crippen MR) is 145 cm³/mol. The van der Waals surface area contributed by atoms with Crippen LogP contribution in [-0.4, -0.2) is 35.5 Å². The lowest BCUT2D eigenvalue weighted by Gasteiger charge is -2.21. The first kappa shape index (κ1) is 25.2. The highest BCUT2D eigenvalue weighted by molar-refractivity contribution is 6.38. The number of aryl methyl sites for hydroxylation is 1. The van der Waals surface area contributed by atoms with Crippen molar-refractivity contribution in [3.63, 3.8) is 0 Å². The van der Waals surface area contributed by atoms with Crippen molar-refractivity contribution in [2.24, 2.45) is 0 Å². The van der Waals surface area contributed by atoms with E-state index in [1.54, 1.807) is 43.7 Å². The maximum absolute atomic E-state index is 12.8. The fourth-order valence-electron chi connectivity index (χ4n) is 3.60. The number of halogens is 2. The quantitative estimate of drug-likeness (QED) is 0.291. The van der Waals surface area contributed by atoms with Gasteiger partial charge in [0.25, 0.3) is 0 Å². The third-order valence-electron chi connectivity index (χ3n) is 5.55. The van der Waals surface area contributed by atoms with Crippen molar-refractivity contribution >= 4 is 63.1 Å². The minimum absolute atomic E-state index is 0.221. The van der Waals surface area contributed by atoms with E-state index in [1.807, 2.05) is 37.3 Å². The summed E-state index contributed by atoms with van der Waals surface area (Å²) in [6.07, 6.45) is 3.11. The van der Waals surface area contributed by atoms with Crippen LogP contribution in [0.3, 0.4) is 0 Å². The van der Waals surface area contributed by atoms with Gasteiger partial charge in [-0.15, -0.1) is 0 Å². The molecule has 0 aliphatic carbocycles. The third-order valence-corrected chi connectivity index (χ3v) is 6.33. The summed E-state index contributed by atoms with van der Waals surface area (Å²) in [5.74, 6) is -0.350. The summed E-state index contributed by atoms with van der Waals surface area (Å²) in [5, 5.41) is 10.4. The molecule has 2 aromatic carbocycles. The number of likely N-dealkylation sites (N-methyl/N-ethyl adjacent to an activating group) is 1. The Morgan fingerprint density at radius 3 is 2.56 bits per heavy atom. The fraction of sp³-hybridized carbons (Fsp3) is 0.154. The Morgan fingerprint density at radius 1 is 1.00 bits per heavy atom. The molecule has 0 saturated carbocycles. The van der Waals surface area contributed by atoms with Crippen LogP contribution in [0.1, 0.15) is 11.3 Å². The molecule has 2 aromatic heterocycles. The van der Waals surface area contributed by atoms with Crippen LogP contribution in [0.4, 0.5) is 21.9 Å². The summed E-state index contributed by atoms with van der Waals surface area (Å²) in [4.78, 5) is 34.8. The summed E-state index contributed by atoms with van der Waals surface area (Å²) < 4.78 is 0. The van der Waals surface area contributed by atoms with Crippen LogP contribution in [0, 0.1) is 6.92 Å². The molecule has 0 bridgehead atoms. The van der Waals surface area contributed by atoms with E-state index in [2.05, 4.69) is 25.9 Å². The number of urea groups is 1. The molecule has 0 spiro atoms. The lowest BCUT2D eigenvalue weighted by atomic mass is 10.1. The van der Waals surface area contributed by atoms with E-state index in [4.69, 9.17) is 23.2 Å². The number of anilines is 3. The van der Waals surface area contributed by atoms with Gasteiger partial charge in [0.1, 0.15) is 0 Å². The largest absolute Gasteiger partial charge is 0.379 e. The van der Waals surface area contributed by atoms with Gasteiger partial charge < -0.3 is 20.9 Å². The highest BCUT2D eigenvalue weighted by atomic mass is 35.5. The van der Waals surface area contributed by atoms with E-state index < -0.39 is 6.03 Å². The molecular formula is C26H24Cl2N6O2. The smallest absolute Gasteiger partial charge is 0.319 e. The first-order chi connectivity index (χ1) is 17.3. The number of carbonyl (C=O) groups excluding carboxylic acids is 2. The lowest BCUT2D eigenvalue weighted by molar-refractivity contribution is -0.117. The van der Waals surface area contributed by atoms with E-state index in [0.717, 1.165) is 22.3 Å². The van der Waals surface area contributed by atoms with E-state index in [9.17, 15) is 9.59 Å². The molecular weight excluding hydrogens is 499 g/mol. The Hall–Kier alpha value is -3.88. The van der Waals surface area contributed by atoms with Gasteiger partial charge in [0.2, 0.25) is 5.91 Å². The molecule has 3 amide bonds. The van der Waals surface area contributed by atoms with Gasteiger partial charge in [-0.1, -0.05) is 41.4 Å². The molecule has 2 heterocycles. The lowest BCUT2D eigenvalue weighted by Crippen LogP contribution is -2.40. The number of rotatable bonds is 7. The number of para-hydroxylation sites is 1. The second kappa shape index (κ2) is 11.2. The summed E-state index contributed by atoms with van der Waals surface area (Å²) in [5.41, 5.74) is 4.30. The Balaban J connectivity index is 1.45. The second-order valence-corrected chi connectivity index (χ2v) is 8.82. The molecule has 0 aliphatic rings. The summed E-state index contributed by atoms with van der Waals surface area (Å²) in [6, 6.07) is 16.0. The molecule has 0 fully saturated rings. The fourth-order valence-corrected chi connectivity index (χ4v) is 4.23. The number of fused-ring (bicyclic) bond motifs is 1. The van der Waals surface area contributed by atoms with Gasteiger partial charge in [-0.3, -0.25) is 14.8 Å². The molecule has 0 atom stereocenters. The van der Waals surface area contributed by atoms with Crippen LogP contribution in [0.2, 0.25) is 10.0 Å². The van der Waals surface area contributed by atoms with Crippen molar-refractivity contribution < 1.29 is 9.59 Å². The van der Waals surface area contributed by atoms with Gasteiger partial charge >= 0.3 is 6.03 Å². The van der Waals surface area contributed by atoms with Crippen LogP contribution in [0.15, 0.2) is 67.0 Å². The van der Waals surface area contributed by atoms with Gasteiger partial charge in [-0.05, 0) is 43.3 Å². The van der Waals surface area contributed by atoms with E-state index in [-0.39, 0.29) is 12.5 Å². The zero-order valence-corrected chi connectivity index (χ0v) is 21.2. The number of benzene rings is 2. The minimum Gasteiger partial charge on any atom is -0.379 e. The minimum atomic E-state index is -0.506. The Bertz CT molecular complexity index is 1410. The molecule has 4 rings (SSSR count). The molecule has 0 aliphatic heterocycles. The number of nitrogens with zero attached hydrogens (tertiary/aromatic N) is 3. The van der Waals surface area contributed by atoms with Crippen molar-refractivity contribution in [3.05, 3.63) is 88.3 Å². The number of nitrogens with one attached hydrogen (secondary N) is 3. The topological polar surface area (TPSA) is 99.2 Å². The van der Waals surface area contributed by atoms with Gasteiger partial charge in [0.05, 0.1) is 28.5 Å². The SMILES string of the molecule is Cc1ccc2cccc(NCc3c(Cl)ccc(N(C)C(=O)CNC(=O)Nc4ccncc4)c3Cl)c2n1. The second-order valence-electron chi connectivity index (χ2n) is 8.04. The first-order valence-corrected chi connectivity index (χ1v) is 11.9. The summed E-state index contributed by atoms with van der Waals surface area (Å²) >= 11 is 13.2. The number of aromatic nitrogens is 2. The number of pyridine rings is 2. The highest BCUT2D eigenvalue weighted by Crippen LogP contribution is 2.34. The van der Waals surface area contributed by atoms with Gasteiger partial charge in [-0.25, -0.2) is 4.79 Å². The average molecular weight is 523 g/mol. The van der Waals surface area contributed by atoms with Crippen LogP contribution < -0.4 is 20.9 Å². The zero-order chi connectivity index (χ0) is 25.7. The maximum atomic E-state index is 12.8. The standard InChI is InChI=1S/C26H24Cl2N6O2/c1-16-6-7-17-4-3-5-21(25(17)32-16)30-14-19-20(27)8-9-22(24(19)28)34(2)23(35)15-31-26(36)33-18-10-12-29-13-11-18/h3-13,30H,14-15H2,1-2H3,(H2,29,31,33,36). The highest BCUT2D eigenvalue weighted by Gasteiger charge is 2.19. The van der Waals surface area contributed by atoms with Crippen molar-refractivity contribution in [2.45, 2.75) is 13.5 Å². The van der Waals surface area contributed by atoms with Crippen LogP contribution >= 0.6 is 23.2 Å². The van der Waals surface area contributed by atoms with Gasteiger partial charge in [0, 0.05) is 53.3 Å². The first-order valence-electron chi connectivity index (χ1n) is 11.1. The third kappa shape index (κ3) is 5.84. The Morgan fingerprint density at radius 2 is 1.78 bits per heavy atom. The number of hydrogen-bond acceptors (Lipinski definition) is 5. The molecule has 0 radical (unpaired) electrons. The molecule has 3 N–H and O–H groups in total. The molecule has 4 aromatic rings. The molecule has 184 valence electrons. The Kier molecular flexibility index (Phi) is 7.87. The number of amides is 3. The Labute approximate surface area is 218 Å². The maximum Gasteiger partial charge on any atom is 0.319 e. The van der Waals surface area contributed by atoms with E-state index in [1.165, 1.54) is 4.90 Å².